The van der Waals surface area contributed by atoms with Gasteiger partial charge in [0.05, 0.1) is 19.5 Å². The Kier molecular flexibility index (Phi) is 4.67. The summed E-state index contributed by atoms with van der Waals surface area (Å²) >= 11 is 0. The van der Waals surface area contributed by atoms with E-state index in [4.69, 9.17) is 4.74 Å². The summed E-state index contributed by atoms with van der Waals surface area (Å²) < 4.78 is 5.11. The van der Waals surface area contributed by atoms with E-state index in [2.05, 4.69) is 35.9 Å². The van der Waals surface area contributed by atoms with Gasteiger partial charge in [-0.25, -0.2) is 9.97 Å². The lowest BCUT2D eigenvalue weighted by atomic mass is 10.0. The molecular weight excluding hydrogens is 284 g/mol. The fraction of sp³-hybridized carbons (Fsp3) is 0.231. The average Bonchev–Trinajstić information content (AvgIpc) is 2.44. The Bertz CT molecular complexity index is 573. The maximum Gasteiger partial charge on any atom is 0.159 e. The first-order valence-electron chi connectivity index (χ1n) is 6.62. The van der Waals surface area contributed by atoms with E-state index in [0.29, 0.717) is 5.75 Å². The number of aromatic nitrogens is 2. The lowest BCUT2D eigenvalue weighted by Crippen LogP contribution is -2.27. The van der Waals surface area contributed by atoms with E-state index < -0.39 is 0 Å². The SMILES string of the molecule is COc1cnc(-c2ccc(C)c([SiH2][SiH2][SiH3])c2C)nc1. The van der Waals surface area contributed by atoms with Crippen LogP contribution in [0.25, 0.3) is 11.4 Å². The summed E-state index contributed by atoms with van der Waals surface area (Å²) in [5, 5.41) is 1.65. The Morgan fingerprint density at radius 1 is 1.16 bits per heavy atom. The highest BCUT2D eigenvalue weighted by molar-refractivity contribution is 7.27. The molecule has 0 spiro atoms. The smallest absolute Gasteiger partial charge is 0.159 e. The highest BCUT2D eigenvalue weighted by Crippen LogP contribution is 2.20. The van der Waals surface area contributed by atoms with Gasteiger partial charge in [0.1, 0.15) is 0 Å². The van der Waals surface area contributed by atoms with Crippen molar-refractivity contribution >= 4 is 32.5 Å². The minimum atomic E-state index is 0.0230. The third-order valence-corrected chi connectivity index (χ3v) is 13.0. The largest absolute Gasteiger partial charge is 0.494 e. The molecule has 0 amide bonds. The van der Waals surface area contributed by atoms with Gasteiger partial charge in [-0.15, -0.1) is 0 Å². The van der Waals surface area contributed by atoms with Crippen molar-refractivity contribution in [3.63, 3.8) is 0 Å². The molecular formula is C13H20N2OSi3. The second-order valence-electron chi connectivity index (χ2n) is 4.73. The number of benzene rings is 1. The Morgan fingerprint density at radius 2 is 1.84 bits per heavy atom. The number of rotatable bonds is 4. The topological polar surface area (TPSA) is 35.0 Å². The molecule has 0 saturated heterocycles. The van der Waals surface area contributed by atoms with Gasteiger partial charge in [-0.2, -0.15) is 0 Å². The molecule has 6 heteroatoms. The van der Waals surface area contributed by atoms with Gasteiger partial charge in [-0.3, -0.25) is 0 Å². The molecule has 0 saturated carbocycles. The standard InChI is InChI=1S/C13H20N2OSi3/c1-8-4-5-11(9(2)12(8)18-19-17)13-14-6-10(16-3)7-15-13/h4-7H,18-19H2,1-3,17H3. The van der Waals surface area contributed by atoms with Gasteiger partial charge in [0.25, 0.3) is 0 Å². The van der Waals surface area contributed by atoms with E-state index in [9.17, 15) is 0 Å². The van der Waals surface area contributed by atoms with Crippen molar-refractivity contribution in [2.75, 3.05) is 7.11 Å². The first-order chi connectivity index (χ1) is 9.17. The van der Waals surface area contributed by atoms with Crippen LogP contribution < -0.4 is 9.92 Å². The summed E-state index contributed by atoms with van der Waals surface area (Å²) in [5.41, 5.74) is 4.05. The molecule has 0 aliphatic heterocycles. The number of methoxy groups -OCH3 is 1. The second-order valence-corrected chi connectivity index (χ2v) is 20.4. The summed E-state index contributed by atoms with van der Waals surface area (Å²) in [6.45, 7) is 4.46. The van der Waals surface area contributed by atoms with Crippen LogP contribution in [0.5, 0.6) is 5.75 Å². The van der Waals surface area contributed by atoms with Crippen LogP contribution in [0.4, 0.5) is 0 Å². The van der Waals surface area contributed by atoms with Crippen LogP contribution in [-0.4, -0.2) is 44.4 Å². The van der Waals surface area contributed by atoms with Crippen LogP contribution in [-0.2, 0) is 0 Å². The summed E-state index contributed by atoms with van der Waals surface area (Å²) in [4.78, 5) is 8.82. The molecule has 0 aliphatic rings. The third kappa shape index (κ3) is 3.02. The van der Waals surface area contributed by atoms with Crippen molar-refractivity contribution in [2.45, 2.75) is 13.8 Å². The van der Waals surface area contributed by atoms with Crippen molar-refractivity contribution in [3.05, 3.63) is 35.7 Å². The summed E-state index contributed by atoms with van der Waals surface area (Å²) in [6.07, 6.45) is 3.47. The maximum absolute atomic E-state index is 5.11. The molecule has 100 valence electrons. The predicted molar refractivity (Wildman–Crippen MR) is 90.2 cm³/mol. The maximum atomic E-state index is 5.11. The second kappa shape index (κ2) is 6.27. The van der Waals surface area contributed by atoms with Gasteiger partial charge in [0, 0.05) is 14.6 Å². The molecule has 2 rings (SSSR count). The van der Waals surface area contributed by atoms with Gasteiger partial charge in [-0.1, -0.05) is 22.9 Å². The lowest BCUT2D eigenvalue weighted by molar-refractivity contribution is 0.411. The fourth-order valence-electron chi connectivity index (χ4n) is 2.33. The van der Waals surface area contributed by atoms with Gasteiger partial charge in [-0.05, 0) is 37.7 Å². The minimum Gasteiger partial charge on any atom is -0.494 e. The fourth-order valence-corrected chi connectivity index (χ4v) is 12.2. The first-order valence-corrected chi connectivity index (χ1v) is 17.0. The predicted octanol–water partition coefficient (Wildman–Crippen LogP) is -1.07. The molecule has 0 bridgehead atoms. The number of aryl methyl sites for hydroxylation is 1. The molecule has 3 nitrogen and oxygen atoms in total. The van der Waals surface area contributed by atoms with E-state index in [1.807, 2.05) is 0 Å². The normalized spacial score (nSPS) is 11.9. The van der Waals surface area contributed by atoms with E-state index in [0.717, 1.165) is 5.82 Å². The summed E-state index contributed by atoms with van der Waals surface area (Å²) in [7, 11) is 3.38. The van der Waals surface area contributed by atoms with Gasteiger partial charge < -0.3 is 4.74 Å². The van der Waals surface area contributed by atoms with Crippen molar-refractivity contribution in [3.8, 4) is 17.1 Å². The molecule has 1 heterocycles. The van der Waals surface area contributed by atoms with Crippen molar-refractivity contribution in [1.29, 1.82) is 0 Å². The van der Waals surface area contributed by atoms with Crippen molar-refractivity contribution < 1.29 is 4.74 Å². The van der Waals surface area contributed by atoms with Crippen LogP contribution >= 0.6 is 0 Å². The van der Waals surface area contributed by atoms with Gasteiger partial charge in [0.2, 0.25) is 0 Å². The van der Waals surface area contributed by atoms with Crippen LogP contribution in [0.15, 0.2) is 24.5 Å². The van der Waals surface area contributed by atoms with Crippen LogP contribution in [0.1, 0.15) is 11.1 Å². The van der Waals surface area contributed by atoms with Crippen LogP contribution in [0.2, 0.25) is 0 Å². The molecule has 0 radical (unpaired) electrons. The zero-order valence-corrected chi connectivity index (χ0v) is 16.9. The zero-order chi connectivity index (χ0) is 13.8. The van der Waals surface area contributed by atoms with E-state index >= 15 is 0 Å². The lowest BCUT2D eigenvalue weighted by Gasteiger charge is -2.13. The molecule has 0 fully saturated rings. The Labute approximate surface area is 121 Å². The van der Waals surface area contributed by atoms with Crippen molar-refractivity contribution in [2.24, 2.45) is 0 Å². The van der Waals surface area contributed by atoms with Crippen LogP contribution in [0, 0.1) is 13.8 Å². The minimum absolute atomic E-state index is 0.0230. The molecule has 0 atom stereocenters. The summed E-state index contributed by atoms with van der Waals surface area (Å²) in [5.74, 6) is 1.51. The molecule has 2 aromatic rings. The summed E-state index contributed by atoms with van der Waals surface area (Å²) in [6, 6.07) is 4.38. The number of hydrogen-bond donors (Lipinski definition) is 0. The Balaban J connectivity index is 2.46. The molecule has 0 unspecified atom stereocenters. The van der Waals surface area contributed by atoms with Gasteiger partial charge in [0.15, 0.2) is 11.6 Å². The third-order valence-electron chi connectivity index (χ3n) is 3.44. The van der Waals surface area contributed by atoms with Crippen LogP contribution in [0.3, 0.4) is 0 Å². The molecule has 0 N–H and O–H groups in total. The molecule has 1 aromatic carbocycles. The average molecular weight is 305 g/mol. The Hall–Kier alpha value is -1.25. The van der Waals surface area contributed by atoms with Crippen molar-refractivity contribution in [1.82, 2.24) is 9.97 Å². The molecule has 19 heavy (non-hydrogen) atoms. The Morgan fingerprint density at radius 3 is 2.42 bits per heavy atom. The monoisotopic (exact) mass is 304 g/mol. The molecule has 1 aromatic heterocycles. The van der Waals surface area contributed by atoms with E-state index in [1.165, 1.54) is 26.5 Å². The quantitative estimate of drug-likeness (QED) is 0.675. The van der Waals surface area contributed by atoms with E-state index in [1.54, 1.807) is 24.7 Å². The zero-order valence-electron chi connectivity index (χ0n) is 12.0. The number of nitrogens with zero attached hydrogens (tertiary/aromatic N) is 2. The highest BCUT2D eigenvalue weighted by atomic mass is 29.5. The number of hydrogen-bond acceptors (Lipinski definition) is 3. The van der Waals surface area contributed by atoms with Gasteiger partial charge >= 0.3 is 0 Å². The number of ether oxygens (including phenoxy) is 1. The molecule has 0 aliphatic carbocycles. The van der Waals surface area contributed by atoms with E-state index in [-0.39, 0.29) is 17.6 Å². The highest BCUT2D eigenvalue weighted by Gasteiger charge is 2.10. The first kappa shape index (κ1) is 14.2.